The second-order valence-corrected chi connectivity index (χ2v) is 16.9. The Morgan fingerprint density at radius 3 is 2.40 bits per heavy atom. The summed E-state index contributed by atoms with van der Waals surface area (Å²) in [7, 11) is 3.57. The van der Waals surface area contributed by atoms with E-state index in [0.717, 1.165) is 106 Å². The fourth-order valence-electron chi connectivity index (χ4n) is 9.77. The van der Waals surface area contributed by atoms with Crippen molar-refractivity contribution in [3.8, 4) is 0 Å². The number of carbonyl (C=O) groups is 4. The molecule has 5 aliphatic rings. The van der Waals surface area contributed by atoms with Crippen molar-refractivity contribution >= 4 is 52.1 Å². The van der Waals surface area contributed by atoms with E-state index in [1.807, 2.05) is 30.5 Å². The number of hydrogen-bond donors (Lipinski definition) is 2. The lowest BCUT2D eigenvalue weighted by atomic mass is 9.89. The van der Waals surface area contributed by atoms with Crippen molar-refractivity contribution in [2.45, 2.75) is 88.8 Å². The highest BCUT2D eigenvalue weighted by atomic mass is 16.2. The van der Waals surface area contributed by atoms with Crippen molar-refractivity contribution in [1.82, 2.24) is 39.5 Å². The highest BCUT2D eigenvalue weighted by Crippen LogP contribution is 2.36. The van der Waals surface area contributed by atoms with Crippen LogP contribution in [0.1, 0.15) is 108 Å². The molecule has 4 amide bonds. The maximum Gasteiger partial charge on any atom is 0.270 e. The Morgan fingerprint density at radius 1 is 0.895 bits per heavy atom. The fourth-order valence-corrected chi connectivity index (χ4v) is 9.77. The first-order valence-electron chi connectivity index (χ1n) is 20.8. The third-order valence-corrected chi connectivity index (χ3v) is 13.0. The number of pyridine rings is 1. The number of fused-ring (bicyclic) bond motifs is 2. The molecule has 0 bridgehead atoms. The number of hydrogen-bond acceptors (Lipinski definition) is 10. The molecule has 298 valence electrons. The number of likely N-dealkylation sites (tertiary alicyclic amines) is 1. The fraction of sp³-hybridized carbons (Fsp3) is 0.512. The molecule has 4 aliphatic heterocycles. The van der Waals surface area contributed by atoms with Gasteiger partial charge in [-0.2, -0.15) is 4.98 Å². The van der Waals surface area contributed by atoms with Crippen molar-refractivity contribution in [1.29, 1.82) is 0 Å². The topological polar surface area (TPSA) is 149 Å². The van der Waals surface area contributed by atoms with E-state index in [-0.39, 0.29) is 36.1 Å². The van der Waals surface area contributed by atoms with Crippen LogP contribution >= 0.6 is 0 Å². The summed E-state index contributed by atoms with van der Waals surface area (Å²) in [5, 5.41) is 6.56. The minimum atomic E-state index is -0.590. The summed E-state index contributed by atoms with van der Waals surface area (Å²) in [6, 6.07) is 11.9. The van der Waals surface area contributed by atoms with Gasteiger partial charge in [0.1, 0.15) is 23.2 Å². The molecule has 4 fully saturated rings. The summed E-state index contributed by atoms with van der Waals surface area (Å²) in [4.78, 5) is 72.8. The summed E-state index contributed by atoms with van der Waals surface area (Å²) in [6.07, 6.45) is 13.3. The molecule has 1 aliphatic carbocycles. The summed E-state index contributed by atoms with van der Waals surface area (Å²) < 4.78 is 2.13. The van der Waals surface area contributed by atoms with Crippen LogP contribution in [0.15, 0.2) is 48.8 Å². The van der Waals surface area contributed by atoms with E-state index in [2.05, 4.69) is 42.1 Å². The Labute approximate surface area is 333 Å². The van der Waals surface area contributed by atoms with Gasteiger partial charge in [0.05, 0.1) is 0 Å². The van der Waals surface area contributed by atoms with E-state index in [4.69, 9.17) is 9.97 Å². The number of piperidine rings is 3. The van der Waals surface area contributed by atoms with E-state index in [0.29, 0.717) is 47.8 Å². The number of anilines is 3. The zero-order chi connectivity index (χ0) is 39.2. The Hall–Kier alpha value is -5.37. The highest BCUT2D eigenvalue weighted by molar-refractivity contribution is 6.05. The summed E-state index contributed by atoms with van der Waals surface area (Å²) >= 11 is 0. The number of imide groups is 1. The molecule has 0 radical (unpaired) electrons. The standard InChI is InChI=1S/C43H52N10O4/c1-49(2)42(57)36-22-30-24-45-43(48-39(30)53(36)32-5-3-4-6-32)46-37-11-7-29(23-44-37)28-15-17-50(18-16-28)25-27-13-19-51(20-14-27)33-8-9-34-31(21-33)26-52(41(34)56)35-10-12-38(54)47-40(35)55/h7-9,11,21-24,27-28,32,35H,3-6,10,12-20,25-26H2,1-2H3,(H,47,54,55)(H,44,45,46,48)/t35-/m1/s1. The third-order valence-electron chi connectivity index (χ3n) is 13.0. The molecule has 3 saturated heterocycles. The van der Waals surface area contributed by atoms with Crippen molar-refractivity contribution in [3.05, 3.63) is 71.2 Å². The van der Waals surface area contributed by atoms with Crippen LogP contribution in [0.5, 0.6) is 0 Å². The van der Waals surface area contributed by atoms with Gasteiger partial charge in [0.15, 0.2) is 0 Å². The number of carbonyl (C=O) groups excluding carboxylic acids is 4. The van der Waals surface area contributed by atoms with Crippen LogP contribution in [0.4, 0.5) is 17.5 Å². The van der Waals surface area contributed by atoms with Crippen molar-refractivity contribution in [3.63, 3.8) is 0 Å². The van der Waals surface area contributed by atoms with Gasteiger partial charge in [0, 0.05) is 81.8 Å². The normalized spacial score (nSPS) is 21.4. The second kappa shape index (κ2) is 15.5. The van der Waals surface area contributed by atoms with Crippen LogP contribution in [0.25, 0.3) is 11.0 Å². The van der Waals surface area contributed by atoms with E-state index in [9.17, 15) is 19.2 Å². The molecule has 9 rings (SSSR count). The molecule has 7 heterocycles. The lowest BCUT2D eigenvalue weighted by Gasteiger charge is -2.38. The highest BCUT2D eigenvalue weighted by Gasteiger charge is 2.39. The number of benzene rings is 1. The minimum Gasteiger partial charge on any atom is -0.372 e. The predicted molar refractivity (Wildman–Crippen MR) is 216 cm³/mol. The van der Waals surface area contributed by atoms with Crippen molar-refractivity contribution < 1.29 is 19.2 Å². The van der Waals surface area contributed by atoms with Gasteiger partial charge in [-0.1, -0.05) is 18.9 Å². The molecular weight excluding hydrogens is 721 g/mol. The number of nitrogens with one attached hydrogen (secondary N) is 2. The maximum absolute atomic E-state index is 13.1. The molecule has 4 aromatic rings. The van der Waals surface area contributed by atoms with Gasteiger partial charge >= 0.3 is 0 Å². The monoisotopic (exact) mass is 772 g/mol. The minimum absolute atomic E-state index is 0.0182. The molecule has 14 nitrogen and oxygen atoms in total. The number of rotatable bonds is 9. The van der Waals surface area contributed by atoms with Crippen LogP contribution in [0, 0.1) is 5.92 Å². The summed E-state index contributed by atoms with van der Waals surface area (Å²) in [5.41, 5.74) is 5.48. The van der Waals surface area contributed by atoms with Gasteiger partial charge in [-0.25, -0.2) is 9.97 Å². The average Bonchev–Trinajstić information content (AvgIpc) is 3.96. The van der Waals surface area contributed by atoms with Gasteiger partial charge < -0.3 is 29.5 Å². The van der Waals surface area contributed by atoms with Crippen LogP contribution in [-0.4, -0.2) is 111 Å². The third kappa shape index (κ3) is 7.47. The molecule has 57 heavy (non-hydrogen) atoms. The van der Waals surface area contributed by atoms with Crippen LogP contribution in [0.2, 0.25) is 0 Å². The van der Waals surface area contributed by atoms with Gasteiger partial charge in [0.2, 0.25) is 17.8 Å². The van der Waals surface area contributed by atoms with E-state index < -0.39 is 6.04 Å². The zero-order valence-corrected chi connectivity index (χ0v) is 33.0. The van der Waals surface area contributed by atoms with Gasteiger partial charge in [0.25, 0.3) is 11.8 Å². The Bertz CT molecular complexity index is 2180. The Kier molecular flexibility index (Phi) is 10.1. The lowest BCUT2D eigenvalue weighted by molar-refractivity contribution is -0.136. The molecule has 1 saturated carbocycles. The zero-order valence-electron chi connectivity index (χ0n) is 33.0. The first-order chi connectivity index (χ1) is 27.7. The first kappa shape index (κ1) is 37.2. The number of amides is 4. The number of nitrogens with zero attached hydrogens (tertiary/aromatic N) is 8. The molecule has 1 atom stereocenters. The van der Waals surface area contributed by atoms with Gasteiger partial charge in [-0.05, 0) is 111 Å². The van der Waals surface area contributed by atoms with Crippen molar-refractivity contribution in [2.75, 3.05) is 57.0 Å². The predicted octanol–water partition coefficient (Wildman–Crippen LogP) is 5.24. The lowest BCUT2D eigenvalue weighted by Crippen LogP contribution is -2.52. The summed E-state index contributed by atoms with van der Waals surface area (Å²) in [6.45, 7) is 5.67. The van der Waals surface area contributed by atoms with Crippen LogP contribution < -0.4 is 15.5 Å². The van der Waals surface area contributed by atoms with Gasteiger partial charge in [-0.3, -0.25) is 24.5 Å². The Morgan fingerprint density at radius 2 is 1.68 bits per heavy atom. The molecule has 2 N–H and O–H groups in total. The first-order valence-corrected chi connectivity index (χ1v) is 20.8. The Balaban J connectivity index is 0.755. The van der Waals surface area contributed by atoms with Crippen LogP contribution in [-0.2, 0) is 16.1 Å². The molecular formula is C43H52N10O4. The van der Waals surface area contributed by atoms with Gasteiger partial charge in [-0.15, -0.1) is 0 Å². The second-order valence-electron chi connectivity index (χ2n) is 16.9. The molecule has 0 unspecified atom stereocenters. The maximum atomic E-state index is 13.1. The summed E-state index contributed by atoms with van der Waals surface area (Å²) in [5.74, 6) is 1.53. The van der Waals surface area contributed by atoms with E-state index >= 15 is 0 Å². The van der Waals surface area contributed by atoms with E-state index in [1.165, 1.54) is 5.56 Å². The molecule has 0 spiro atoms. The smallest absolute Gasteiger partial charge is 0.270 e. The van der Waals surface area contributed by atoms with Crippen LogP contribution in [0.3, 0.4) is 0 Å². The van der Waals surface area contributed by atoms with Crippen molar-refractivity contribution in [2.24, 2.45) is 5.92 Å². The molecule has 1 aromatic carbocycles. The SMILES string of the molecule is CN(C)C(=O)c1cc2cnc(Nc3ccc(C4CCN(CC5CCN(c6ccc7c(c6)CN([C@@H]6CCC(=O)NC6=O)C7=O)CC5)CC4)cn3)nc2n1C1CCCC1. The molecule has 3 aromatic heterocycles. The largest absolute Gasteiger partial charge is 0.372 e. The molecule has 14 heteroatoms. The quantitative estimate of drug-likeness (QED) is 0.216. The van der Waals surface area contributed by atoms with E-state index in [1.54, 1.807) is 30.1 Å². The average molecular weight is 773 g/mol. The number of aromatic nitrogens is 4.